The summed E-state index contributed by atoms with van der Waals surface area (Å²) < 4.78 is 4.39. The van der Waals surface area contributed by atoms with Crippen LogP contribution in [0.25, 0.3) is 0 Å². The van der Waals surface area contributed by atoms with Crippen molar-refractivity contribution in [1.82, 2.24) is 4.98 Å². The minimum absolute atomic E-state index is 0.00687. The maximum Gasteiger partial charge on any atom is 0.306 e. The molecule has 0 atom stereocenters. The molecule has 0 saturated carbocycles. The van der Waals surface area contributed by atoms with Gasteiger partial charge in [-0.25, -0.2) is 0 Å². The smallest absolute Gasteiger partial charge is 0.306 e. The Balaban J connectivity index is 2.49. The quantitative estimate of drug-likeness (QED) is 0.718. The number of hydrogen-bond acceptors (Lipinski definition) is 4. The van der Waals surface area contributed by atoms with Gasteiger partial charge in [0, 0.05) is 12.6 Å². The van der Waals surface area contributed by atoms with Crippen molar-refractivity contribution in [2.45, 2.75) is 12.8 Å². The molecular formula is C10H12N2O4. The number of H-pyrrole nitrogens is 1. The van der Waals surface area contributed by atoms with Crippen molar-refractivity contribution in [3.8, 4) is 0 Å². The van der Waals surface area contributed by atoms with Crippen LogP contribution in [0.3, 0.4) is 0 Å². The number of aromatic nitrogens is 1. The largest absolute Gasteiger partial charge is 0.469 e. The van der Waals surface area contributed by atoms with Gasteiger partial charge in [0.1, 0.15) is 5.69 Å². The van der Waals surface area contributed by atoms with Gasteiger partial charge in [0.05, 0.1) is 13.5 Å². The Hall–Kier alpha value is -2.11. The topological polar surface area (TPSA) is 88.3 Å². The number of carbonyl (C=O) groups excluding carboxylic acids is 2. The van der Waals surface area contributed by atoms with E-state index in [0.29, 0.717) is 0 Å². The first-order valence-corrected chi connectivity index (χ1v) is 4.68. The molecule has 0 aliphatic heterocycles. The van der Waals surface area contributed by atoms with E-state index in [9.17, 15) is 14.4 Å². The van der Waals surface area contributed by atoms with Gasteiger partial charge in [-0.2, -0.15) is 0 Å². The molecule has 0 spiro atoms. The van der Waals surface area contributed by atoms with Crippen molar-refractivity contribution in [2.24, 2.45) is 0 Å². The van der Waals surface area contributed by atoms with E-state index in [-0.39, 0.29) is 24.1 Å². The number of amides is 1. The maximum absolute atomic E-state index is 11.3. The Kier molecular flexibility index (Phi) is 4.26. The van der Waals surface area contributed by atoms with E-state index in [1.54, 1.807) is 6.07 Å². The Bertz CT molecular complexity index is 438. The second kappa shape index (κ2) is 5.69. The first kappa shape index (κ1) is 12.0. The second-order valence-corrected chi connectivity index (χ2v) is 3.04. The van der Waals surface area contributed by atoms with Crippen LogP contribution in [0.4, 0.5) is 5.69 Å². The molecule has 1 rings (SSSR count). The number of carbonyl (C=O) groups is 2. The second-order valence-electron chi connectivity index (χ2n) is 3.04. The number of methoxy groups -OCH3 is 1. The summed E-state index contributed by atoms with van der Waals surface area (Å²) in [6.45, 7) is 0. The average molecular weight is 224 g/mol. The molecule has 0 aliphatic carbocycles. The number of rotatable bonds is 4. The molecule has 2 N–H and O–H groups in total. The minimum atomic E-state index is -0.461. The van der Waals surface area contributed by atoms with Crippen LogP contribution in [-0.2, 0) is 14.3 Å². The third-order valence-electron chi connectivity index (χ3n) is 1.88. The van der Waals surface area contributed by atoms with Crippen LogP contribution >= 0.6 is 0 Å². The maximum atomic E-state index is 11.3. The summed E-state index contributed by atoms with van der Waals surface area (Å²) in [5.41, 5.74) is -0.216. The Morgan fingerprint density at radius 2 is 2.19 bits per heavy atom. The minimum Gasteiger partial charge on any atom is -0.469 e. The van der Waals surface area contributed by atoms with Crippen LogP contribution in [0.15, 0.2) is 23.1 Å². The van der Waals surface area contributed by atoms with Gasteiger partial charge >= 0.3 is 5.97 Å². The van der Waals surface area contributed by atoms with Crippen molar-refractivity contribution in [3.63, 3.8) is 0 Å². The van der Waals surface area contributed by atoms with Gasteiger partial charge in [0.25, 0.3) is 5.56 Å². The summed E-state index contributed by atoms with van der Waals surface area (Å²) in [6, 6.07) is 3.08. The number of pyridine rings is 1. The molecule has 6 heteroatoms. The Labute approximate surface area is 91.6 Å². The molecule has 6 nitrogen and oxygen atoms in total. The van der Waals surface area contributed by atoms with E-state index in [1.807, 2.05) is 0 Å². The van der Waals surface area contributed by atoms with Gasteiger partial charge in [0.2, 0.25) is 5.91 Å². The van der Waals surface area contributed by atoms with Crippen molar-refractivity contribution in [1.29, 1.82) is 0 Å². The van der Waals surface area contributed by atoms with Gasteiger partial charge in [-0.1, -0.05) is 0 Å². The molecule has 16 heavy (non-hydrogen) atoms. The van der Waals surface area contributed by atoms with Crippen molar-refractivity contribution in [3.05, 3.63) is 28.7 Å². The fourth-order valence-corrected chi connectivity index (χ4v) is 1.05. The highest BCUT2D eigenvalue weighted by atomic mass is 16.5. The van der Waals surface area contributed by atoms with Gasteiger partial charge in [-0.15, -0.1) is 0 Å². The Morgan fingerprint density at radius 3 is 2.81 bits per heavy atom. The lowest BCUT2D eigenvalue weighted by atomic mass is 10.3. The van der Waals surface area contributed by atoms with Gasteiger partial charge in [-0.05, 0) is 12.1 Å². The fraction of sp³-hybridized carbons (Fsp3) is 0.300. The summed E-state index contributed by atoms with van der Waals surface area (Å²) in [6.07, 6.45) is 1.44. The third kappa shape index (κ3) is 3.56. The summed E-state index contributed by atoms with van der Waals surface area (Å²) in [4.78, 5) is 35.7. The first-order valence-electron chi connectivity index (χ1n) is 4.68. The van der Waals surface area contributed by atoms with Crippen LogP contribution in [0.2, 0.25) is 0 Å². The molecule has 0 bridgehead atoms. The summed E-state index contributed by atoms with van der Waals surface area (Å²) >= 11 is 0. The third-order valence-corrected chi connectivity index (χ3v) is 1.88. The van der Waals surface area contributed by atoms with E-state index in [4.69, 9.17) is 0 Å². The monoisotopic (exact) mass is 224 g/mol. The van der Waals surface area contributed by atoms with E-state index in [0.717, 1.165) is 0 Å². The molecule has 1 heterocycles. The van der Waals surface area contributed by atoms with Crippen LogP contribution in [-0.4, -0.2) is 24.0 Å². The number of esters is 1. The van der Waals surface area contributed by atoms with Gasteiger partial charge < -0.3 is 15.0 Å². The molecule has 0 aromatic carbocycles. The first-order chi connectivity index (χ1) is 7.63. The highest BCUT2D eigenvalue weighted by Crippen LogP contribution is 1.99. The lowest BCUT2D eigenvalue weighted by molar-refractivity contribution is -0.141. The molecule has 1 aromatic heterocycles. The van der Waals surface area contributed by atoms with Crippen LogP contribution in [0.1, 0.15) is 12.8 Å². The number of ether oxygens (including phenoxy) is 1. The highest BCUT2D eigenvalue weighted by molar-refractivity contribution is 5.92. The number of anilines is 1. The summed E-state index contributed by atoms with van der Waals surface area (Å²) in [5.74, 6) is -0.862. The molecule has 0 fully saturated rings. The highest BCUT2D eigenvalue weighted by Gasteiger charge is 2.08. The predicted octanol–water partition coefficient (Wildman–Crippen LogP) is 0.267. The molecule has 86 valence electrons. The van der Waals surface area contributed by atoms with Crippen molar-refractivity contribution in [2.75, 3.05) is 12.4 Å². The fourth-order valence-electron chi connectivity index (χ4n) is 1.05. The zero-order chi connectivity index (χ0) is 12.0. The molecule has 0 saturated heterocycles. The molecule has 1 amide bonds. The number of nitrogens with one attached hydrogen (secondary N) is 2. The molecule has 0 aliphatic rings. The summed E-state index contributed by atoms with van der Waals surface area (Å²) in [5, 5.41) is 2.40. The molecule has 0 unspecified atom stereocenters. The van der Waals surface area contributed by atoms with Crippen molar-refractivity contribution >= 4 is 17.6 Å². The van der Waals surface area contributed by atoms with Gasteiger partial charge in [0.15, 0.2) is 0 Å². The van der Waals surface area contributed by atoms with E-state index < -0.39 is 11.9 Å². The SMILES string of the molecule is COC(=O)CCC(=O)Nc1ccc[nH]c1=O. The Morgan fingerprint density at radius 1 is 1.44 bits per heavy atom. The van der Waals surface area contributed by atoms with Crippen LogP contribution in [0, 0.1) is 0 Å². The normalized spacial score (nSPS) is 9.56. The zero-order valence-corrected chi connectivity index (χ0v) is 8.78. The lowest BCUT2D eigenvalue weighted by Gasteiger charge is -2.02. The van der Waals surface area contributed by atoms with E-state index >= 15 is 0 Å². The van der Waals surface area contributed by atoms with E-state index in [1.165, 1.54) is 19.4 Å². The lowest BCUT2D eigenvalue weighted by Crippen LogP contribution is -2.19. The zero-order valence-electron chi connectivity index (χ0n) is 8.78. The standard InChI is InChI=1S/C10H12N2O4/c1-16-9(14)5-4-8(13)12-7-3-2-6-11-10(7)15/h2-3,6H,4-5H2,1H3,(H,11,15)(H,12,13). The molecular weight excluding hydrogens is 212 g/mol. The number of hydrogen-bond donors (Lipinski definition) is 2. The predicted molar refractivity (Wildman–Crippen MR) is 56.9 cm³/mol. The van der Waals surface area contributed by atoms with Gasteiger partial charge in [-0.3, -0.25) is 14.4 Å². The summed E-state index contributed by atoms with van der Waals surface area (Å²) in [7, 11) is 1.25. The molecule has 1 aromatic rings. The molecule has 0 radical (unpaired) electrons. The number of aromatic amines is 1. The average Bonchev–Trinajstić information content (AvgIpc) is 2.29. The van der Waals surface area contributed by atoms with Crippen molar-refractivity contribution < 1.29 is 14.3 Å². The van der Waals surface area contributed by atoms with Crippen LogP contribution in [0.5, 0.6) is 0 Å². The van der Waals surface area contributed by atoms with Crippen LogP contribution < -0.4 is 10.9 Å². The van der Waals surface area contributed by atoms with E-state index in [2.05, 4.69) is 15.0 Å².